The lowest BCUT2D eigenvalue weighted by molar-refractivity contribution is 0.311. The summed E-state index contributed by atoms with van der Waals surface area (Å²) in [6.07, 6.45) is 1.85. The molecule has 0 bridgehead atoms. The van der Waals surface area contributed by atoms with Crippen LogP contribution in [0.5, 0.6) is 11.8 Å². The molecule has 190 valence electrons. The van der Waals surface area contributed by atoms with Gasteiger partial charge in [0.1, 0.15) is 11.6 Å². The smallest absolute Gasteiger partial charge is 0.326 e. The van der Waals surface area contributed by atoms with Gasteiger partial charge in [0.15, 0.2) is 22.5 Å². The van der Waals surface area contributed by atoms with Crippen LogP contribution in [0.2, 0.25) is 0 Å². The number of aromatic nitrogens is 4. The Hall–Kier alpha value is -3.31. The molecule has 11 heteroatoms. The number of rotatable bonds is 5. The summed E-state index contributed by atoms with van der Waals surface area (Å²) in [6.45, 7) is 11.4. The van der Waals surface area contributed by atoms with E-state index in [2.05, 4.69) is 62.9 Å². The molecule has 1 aromatic carbocycles. The highest BCUT2D eigenvalue weighted by atomic mass is 32.1. The number of thiazole rings is 1. The van der Waals surface area contributed by atoms with Gasteiger partial charge in [0.25, 0.3) is 0 Å². The van der Waals surface area contributed by atoms with Gasteiger partial charge < -0.3 is 24.8 Å². The predicted octanol–water partition coefficient (Wildman–Crippen LogP) is 5.59. The summed E-state index contributed by atoms with van der Waals surface area (Å²) in [6, 6.07) is 4.31. The first-order valence-electron chi connectivity index (χ1n) is 11.8. The molecule has 0 radical (unpaired) electrons. The van der Waals surface area contributed by atoms with Crippen molar-refractivity contribution >= 4 is 39.0 Å². The number of fused-ring (bicyclic) bond motifs is 1. The van der Waals surface area contributed by atoms with Crippen molar-refractivity contribution in [3.05, 3.63) is 46.6 Å². The van der Waals surface area contributed by atoms with Crippen molar-refractivity contribution in [3.8, 4) is 11.8 Å². The molecule has 4 aromatic rings. The second-order valence-electron chi connectivity index (χ2n) is 10.1. The number of halogens is 2. The van der Waals surface area contributed by atoms with Gasteiger partial charge in [0.05, 0.1) is 5.52 Å². The molecular weight excluding hydrogens is 484 g/mol. The highest BCUT2D eigenvalue weighted by Gasteiger charge is 2.22. The summed E-state index contributed by atoms with van der Waals surface area (Å²) >= 11 is 1.54. The number of nitrogens with one attached hydrogen (secondary N) is 2. The van der Waals surface area contributed by atoms with Crippen molar-refractivity contribution in [2.24, 2.45) is 0 Å². The molecule has 1 fully saturated rings. The van der Waals surface area contributed by atoms with Gasteiger partial charge in [0, 0.05) is 60.5 Å². The fourth-order valence-electron chi connectivity index (χ4n) is 4.01. The van der Waals surface area contributed by atoms with Crippen LogP contribution in [0.1, 0.15) is 31.3 Å². The molecule has 1 aliphatic rings. The van der Waals surface area contributed by atoms with E-state index in [1.54, 1.807) is 13.0 Å². The minimum atomic E-state index is -0.673. The Morgan fingerprint density at radius 2 is 1.83 bits per heavy atom. The van der Waals surface area contributed by atoms with Crippen LogP contribution in [0.3, 0.4) is 0 Å². The molecule has 0 amide bonds. The Kier molecular flexibility index (Phi) is 6.29. The zero-order valence-corrected chi connectivity index (χ0v) is 21.8. The number of likely N-dealkylation sites (N-methyl/N-ethyl adjacent to an activating group) is 1. The third kappa shape index (κ3) is 4.98. The van der Waals surface area contributed by atoms with Crippen LogP contribution >= 0.6 is 11.3 Å². The van der Waals surface area contributed by atoms with Crippen LogP contribution in [0, 0.1) is 18.6 Å². The van der Waals surface area contributed by atoms with Gasteiger partial charge in [-0.1, -0.05) is 20.8 Å². The van der Waals surface area contributed by atoms with Crippen LogP contribution in [-0.4, -0.2) is 58.1 Å². The highest BCUT2D eigenvalue weighted by molar-refractivity contribution is 7.15. The first-order chi connectivity index (χ1) is 17.1. The normalized spacial score (nSPS) is 15.0. The van der Waals surface area contributed by atoms with Crippen LogP contribution in [-0.2, 0) is 5.41 Å². The number of H-pyrrole nitrogens is 1. The van der Waals surface area contributed by atoms with Crippen LogP contribution < -0.4 is 15.0 Å². The molecule has 2 N–H and O–H groups in total. The van der Waals surface area contributed by atoms with Crippen LogP contribution in [0.15, 0.2) is 24.4 Å². The third-order valence-electron chi connectivity index (χ3n) is 6.10. The Morgan fingerprint density at radius 1 is 1.08 bits per heavy atom. The van der Waals surface area contributed by atoms with E-state index in [0.29, 0.717) is 22.5 Å². The van der Waals surface area contributed by atoms with E-state index in [0.717, 1.165) is 37.1 Å². The molecule has 1 saturated heterocycles. The molecular formula is C25H29F2N7OS. The highest BCUT2D eigenvalue weighted by Crippen LogP contribution is 2.34. The van der Waals surface area contributed by atoms with Gasteiger partial charge in [-0.3, -0.25) is 0 Å². The Morgan fingerprint density at radius 3 is 2.53 bits per heavy atom. The Balaban J connectivity index is 1.50. The average Bonchev–Trinajstić information content (AvgIpc) is 3.45. The van der Waals surface area contributed by atoms with Crippen molar-refractivity contribution < 1.29 is 13.5 Å². The van der Waals surface area contributed by atoms with Crippen LogP contribution in [0.25, 0.3) is 10.9 Å². The lowest BCUT2D eigenvalue weighted by Gasteiger charge is -2.33. The topological polar surface area (TPSA) is 82.2 Å². The van der Waals surface area contributed by atoms with Crippen molar-refractivity contribution in [2.75, 3.05) is 43.4 Å². The molecule has 0 saturated carbocycles. The van der Waals surface area contributed by atoms with Crippen molar-refractivity contribution in [3.63, 3.8) is 0 Å². The SMILES string of the molecule is Cc1cc2c(F)c(Oc3nc(Nc4ncc(C(C)(C)C)s4)cc(N4CCN(C)CC4)n3)cc(F)c2[nH]1. The number of piperazine rings is 1. The minimum Gasteiger partial charge on any atom is -0.421 e. The molecule has 4 heterocycles. The van der Waals surface area contributed by atoms with Gasteiger partial charge in [-0.25, -0.2) is 13.8 Å². The maximum atomic E-state index is 15.2. The maximum absolute atomic E-state index is 15.2. The van der Waals surface area contributed by atoms with E-state index in [9.17, 15) is 4.39 Å². The third-order valence-corrected chi connectivity index (χ3v) is 7.44. The second-order valence-corrected chi connectivity index (χ2v) is 11.1. The molecule has 3 aromatic heterocycles. The zero-order valence-electron chi connectivity index (χ0n) is 20.9. The molecule has 1 aliphatic heterocycles. The monoisotopic (exact) mass is 513 g/mol. The quantitative estimate of drug-likeness (QED) is 0.360. The number of nitrogens with zero attached hydrogens (tertiary/aromatic N) is 5. The number of aromatic amines is 1. The van der Waals surface area contributed by atoms with E-state index < -0.39 is 11.6 Å². The molecule has 0 atom stereocenters. The number of anilines is 3. The number of ether oxygens (including phenoxy) is 1. The minimum absolute atomic E-state index is 0.0284. The molecule has 36 heavy (non-hydrogen) atoms. The molecule has 0 unspecified atom stereocenters. The number of hydrogen-bond donors (Lipinski definition) is 2. The first kappa shape index (κ1) is 24.4. The number of hydrogen-bond acceptors (Lipinski definition) is 8. The zero-order chi connectivity index (χ0) is 25.6. The largest absolute Gasteiger partial charge is 0.421 e. The van der Waals surface area contributed by atoms with E-state index in [4.69, 9.17) is 4.74 Å². The lowest BCUT2D eigenvalue weighted by atomic mass is 9.96. The lowest BCUT2D eigenvalue weighted by Crippen LogP contribution is -2.44. The summed E-state index contributed by atoms with van der Waals surface area (Å²) in [5.41, 5.74) is 0.724. The van der Waals surface area contributed by atoms with Gasteiger partial charge in [-0.05, 0) is 25.5 Å². The first-order valence-corrected chi connectivity index (χ1v) is 12.6. The fourth-order valence-corrected chi connectivity index (χ4v) is 4.90. The summed E-state index contributed by atoms with van der Waals surface area (Å²) in [7, 11) is 2.07. The molecule has 0 aliphatic carbocycles. The molecule has 0 spiro atoms. The molecule has 5 rings (SSSR count). The van der Waals surface area contributed by atoms with Gasteiger partial charge in [0.2, 0.25) is 0 Å². The summed E-state index contributed by atoms with van der Waals surface area (Å²) in [5.74, 6) is -0.454. The second kappa shape index (κ2) is 9.29. The van der Waals surface area contributed by atoms with Crippen molar-refractivity contribution in [1.82, 2.24) is 24.8 Å². The maximum Gasteiger partial charge on any atom is 0.326 e. The van der Waals surface area contributed by atoms with Crippen molar-refractivity contribution in [1.29, 1.82) is 0 Å². The number of aryl methyl sites for hydroxylation is 1. The average molecular weight is 514 g/mol. The standard InChI is InChI=1S/C25H29F2N7OS/c1-14-10-15-21(27)17(11-16(26)22(15)29-14)35-23-30-19(31-24-28-13-18(36-24)25(2,3)4)12-20(32-23)34-8-6-33(5)7-9-34/h10-13,29H,6-9H2,1-5H3,(H,28,30,31,32). The van der Waals surface area contributed by atoms with E-state index in [1.165, 1.54) is 11.3 Å². The predicted molar refractivity (Wildman–Crippen MR) is 139 cm³/mol. The van der Waals surface area contributed by atoms with E-state index >= 15 is 4.39 Å². The van der Waals surface area contributed by atoms with Gasteiger partial charge in [-0.2, -0.15) is 9.97 Å². The fraction of sp³-hybridized carbons (Fsp3) is 0.400. The van der Waals surface area contributed by atoms with E-state index in [-0.39, 0.29) is 28.1 Å². The Labute approximate surface area is 212 Å². The summed E-state index contributed by atoms with van der Waals surface area (Å²) in [4.78, 5) is 21.8. The molecule has 8 nitrogen and oxygen atoms in total. The summed E-state index contributed by atoms with van der Waals surface area (Å²) < 4.78 is 35.6. The van der Waals surface area contributed by atoms with Crippen molar-refractivity contribution in [2.45, 2.75) is 33.1 Å². The Bertz CT molecular complexity index is 1400. The summed E-state index contributed by atoms with van der Waals surface area (Å²) in [5, 5.41) is 4.03. The van der Waals surface area contributed by atoms with E-state index in [1.807, 2.05) is 12.3 Å². The number of benzene rings is 1. The van der Waals surface area contributed by atoms with Gasteiger partial charge >= 0.3 is 6.01 Å². The van der Waals surface area contributed by atoms with Gasteiger partial charge in [-0.15, -0.1) is 11.3 Å². The van der Waals surface area contributed by atoms with Crippen LogP contribution in [0.4, 0.5) is 25.5 Å².